The minimum Gasteiger partial charge on any atom is -0.348 e. The molecule has 1 atom stereocenters. The number of anilines is 1. The number of aromatic nitrogens is 2. The Morgan fingerprint density at radius 2 is 1.74 bits per heavy atom. The first-order valence-corrected chi connectivity index (χ1v) is 10.1. The van der Waals surface area contributed by atoms with E-state index in [1.165, 1.54) is 0 Å². The fourth-order valence-corrected chi connectivity index (χ4v) is 4.04. The molecule has 0 N–H and O–H groups in total. The molecule has 27 heavy (non-hydrogen) atoms. The molecule has 0 unspecified atom stereocenters. The van der Waals surface area contributed by atoms with Gasteiger partial charge in [-0.25, -0.2) is 0 Å². The van der Waals surface area contributed by atoms with Crippen molar-refractivity contribution in [3.05, 3.63) is 54.6 Å². The number of rotatable bonds is 3. The molecule has 3 aromatic rings. The van der Waals surface area contributed by atoms with Gasteiger partial charge >= 0.3 is 0 Å². The van der Waals surface area contributed by atoms with Gasteiger partial charge in [-0.15, -0.1) is 10.2 Å². The molecular formula is C21H21N4OP. The van der Waals surface area contributed by atoms with Crippen LogP contribution in [0.25, 0.3) is 22.0 Å². The number of hydrogen-bond acceptors (Lipinski definition) is 4. The second kappa shape index (κ2) is 7.45. The highest BCUT2D eigenvalue weighted by molar-refractivity contribution is 7.55. The number of fused-ring (bicyclic) bond motifs is 1. The maximum atomic E-state index is 12.0. The second-order valence-electron chi connectivity index (χ2n) is 6.71. The molecule has 0 aliphatic carbocycles. The van der Waals surface area contributed by atoms with Crippen molar-refractivity contribution in [1.82, 2.24) is 15.1 Å². The van der Waals surface area contributed by atoms with E-state index in [0.717, 1.165) is 34.4 Å². The molecule has 4 rings (SSSR count). The third-order valence-corrected chi connectivity index (χ3v) is 5.57. The van der Waals surface area contributed by atoms with Crippen molar-refractivity contribution in [1.29, 1.82) is 0 Å². The van der Waals surface area contributed by atoms with Crippen molar-refractivity contribution in [2.75, 3.05) is 24.5 Å². The number of nitrogens with zero attached hydrogens (tertiary/aromatic N) is 4. The number of carbonyl (C=O) groups excluding carboxylic acids is 1. The Kier molecular flexibility index (Phi) is 4.87. The van der Waals surface area contributed by atoms with Gasteiger partial charge in [0, 0.05) is 42.0 Å². The van der Waals surface area contributed by atoms with Crippen molar-refractivity contribution in [3.63, 3.8) is 0 Å². The predicted molar refractivity (Wildman–Crippen MR) is 113 cm³/mol. The van der Waals surface area contributed by atoms with Crippen LogP contribution in [-0.4, -0.2) is 52.7 Å². The molecule has 0 spiro atoms. The summed E-state index contributed by atoms with van der Waals surface area (Å²) in [5.41, 5.74) is 2.04. The summed E-state index contributed by atoms with van der Waals surface area (Å²) < 4.78 is 0. The summed E-state index contributed by atoms with van der Waals surface area (Å²) in [6, 6.07) is 18.6. The normalized spacial score (nSPS) is 17.4. The van der Waals surface area contributed by atoms with E-state index in [0.29, 0.717) is 21.3 Å². The number of amides is 1. The van der Waals surface area contributed by atoms with Crippen molar-refractivity contribution in [2.24, 2.45) is 0 Å². The van der Waals surface area contributed by atoms with Gasteiger partial charge in [-0.05, 0) is 15.1 Å². The molecule has 6 heteroatoms. The van der Waals surface area contributed by atoms with Crippen LogP contribution in [0.5, 0.6) is 0 Å². The van der Waals surface area contributed by atoms with Gasteiger partial charge in [-0.3, -0.25) is 4.79 Å². The predicted octanol–water partition coefficient (Wildman–Crippen LogP) is 4.31. The fourth-order valence-electron chi connectivity index (χ4n) is 3.66. The van der Waals surface area contributed by atoms with Crippen LogP contribution in [0.1, 0.15) is 6.92 Å². The summed E-state index contributed by atoms with van der Waals surface area (Å²) in [5, 5.41) is 11.4. The number of benzene rings is 2. The molecule has 1 aromatic heterocycles. The third kappa shape index (κ3) is 3.31. The van der Waals surface area contributed by atoms with Gasteiger partial charge in [-0.1, -0.05) is 60.9 Å². The van der Waals surface area contributed by atoms with Gasteiger partial charge in [0.25, 0.3) is 5.65 Å². The van der Waals surface area contributed by atoms with Crippen LogP contribution < -0.4 is 4.90 Å². The molecule has 1 aliphatic rings. The first kappa shape index (κ1) is 17.6. The summed E-state index contributed by atoms with van der Waals surface area (Å²) >= 11 is 0. The summed E-state index contributed by atoms with van der Waals surface area (Å²) in [4.78, 5) is 16.1. The summed E-state index contributed by atoms with van der Waals surface area (Å²) in [5.74, 6) is 0.886. The highest BCUT2D eigenvalue weighted by atomic mass is 31.1. The molecule has 2 aromatic carbocycles. The summed E-state index contributed by atoms with van der Waals surface area (Å²) in [6.07, 6.45) is 3.69. The van der Waals surface area contributed by atoms with E-state index >= 15 is 0 Å². The largest absolute Gasteiger partial charge is 0.348 e. The van der Waals surface area contributed by atoms with Crippen LogP contribution in [0, 0.1) is 0 Å². The monoisotopic (exact) mass is 376 g/mol. The standard InChI is InChI=1S/C21H21N4OP/c1-15-14-24(21(26)27-2)12-13-25(15)20-18-11-7-6-10-17(18)19(22-23-20)16-8-4-3-5-9-16/h3-11,15H,2,12-14H2,1H3/t15-/m1/s1. The molecule has 2 heterocycles. The SMILES string of the molecule is C=PC(=O)N1CCN(c2nnc(-c3ccccc3)c3ccccc23)[C@H](C)C1. The van der Waals surface area contributed by atoms with Crippen molar-refractivity contribution >= 4 is 36.7 Å². The molecule has 1 saturated heterocycles. The Bertz CT molecular complexity index is 992. The maximum Gasteiger partial charge on any atom is 0.271 e. The Balaban J connectivity index is 1.74. The average Bonchev–Trinajstić information content (AvgIpc) is 2.73. The number of carbonyl (C=O) groups is 1. The smallest absolute Gasteiger partial charge is 0.271 e. The highest BCUT2D eigenvalue weighted by Gasteiger charge is 2.28. The van der Waals surface area contributed by atoms with Crippen LogP contribution in [0.2, 0.25) is 0 Å². The van der Waals surface area contributed by atoms with Crippen LogP contribution >= 0.6 is 8.20 Å². The maximum absolute atomic E-state index is 12.0. The highest BCUT2D eigenvalue weighted by Crippen LogP contribution is 2.32. The quantitative estimate of drug-likeness (QED) is 0.640. The van der Waals surface area contributed by atoms with Crippen molar-refractivity contribution < 1.29 is 4.79 Å². The Hall–Kier alpha value is -2.78. The number of hydrogen-bond donors (Lipinski definition) is 0. The topological polar surface area (TPSA) is 49.3 Å². The van der Waals surface area contributed by atoms with Crippen LogP contribution in [0.4, 0.5) is 10.6 Å². The van der Waals surface area contributed by atoms with Crippen LogP contribution in [-0.2, 0) is 0 Å². The molecule has 1 aliphatic heterocycles. The molecule has 0 bridgehead atoms. The summed E-state index contributed by atoms with van der Waals surface area (Å²) in [6.45, 7) is 4.23. The molecule has 1 amide bonds. The van der Waals surface area contributed by atoms with Gasteiger partial charge in [0.05, 0.1) is 0 Å². The zero-order valence-corrected chi connectivity index (χ0v) is 16.1. The molecule has 0 saturated carbocycles. The Morgan fingerprint density at radius 3 is 2.44 bits per heavy atom. The fraction of sp³-hybridized carbons (Fsp3) is 0.238. The van der Waals surface area contributed by atoms with Crippen LogP contribution in [0.3, 0.4) is 0 Å². The van der Waals surface area contributed by atoms with Crippen molar-refractivity contribution in [2.45, 2.75) is 13.0 Å². The van der Waals surface area contributed by atoms with Gasteiger partial charge in [-0.2, -0.15) is 0 Å². The summed E-state index contributed by atoms with van der Waals surface area (Å²) in [7, 11) is 0.546. The van der Waals surface area contributed by atoms with E-state index in [1.807, 2.05) is 35.2 Å². The second-order valence-corrected chi connectivity index (χ2v) is 7.41. The van der Waals surface area contributed by atoms with E-state index in [9.17, 15) is 4.79 Å². The Labute approximate surface area is 160 Å². The molecule has 5 nitrogen and oxygen atoms in total. The van der Waals surface area contributed by atoms with Gasteiger partial charge < -0.3 is 9.80 Å². The lowest BCUT2D eigenvalue weighted by Gasteiger charge is -2.40. The van der Waals surface area contributed by atoms with E-state index < -0.39 is 0 Å². The first-order valence-electron chi connectivity index (χ1n) is 9.02. The lowest BCUT2D eigenvalue weighted by atomic mass is 10.0. The van der Waals surface area contributed by atoms with E-state index in [2.05, 4.69) is 52.6 Å². The Morgan fingerprint density at radius 1 is 1.04 bits per heavy atom. The zero-order chi connectivity index (χ0) is 18.8. The third-order valence-electron chi connectivity index (χ3n) is 5.02. The lowest BCUT2D eigenvalue weighted by Crippen LogP contribution is -2.53. The van der Waals surface area contributed by atoms with E-state index in [-0.39, 0.29) is 11.7 Å². The van der Waals surface area contributed by atoms with Crippen LogP contribution in [0.15, 0.2) is 54.6 Å². The number of piperazine rings is 1. The molecular weight excluding hydrogens is 355 g/mol. The minimum atomic E-state index is 0.0804. The van der Waals surface area contributed by atoms with Gasteiger partial charge in [0.1, 0.15) is 5.69 Å². The van der Waals surface area contributed by atoms with Crippen molar-refractivity contribution in [3.8, 4) is 11.3 Å². The van der Waals surface area contributed by atoms with Gasteiger partial charge in [0.2, 0.25) is 0 Å². The minimum absolute atomic E-state index is 0.0804. The average molecular weight is 376 g/mol. The molecule has 136 valence electrons. The van der Waals surface area contributed by atoms with E-state index in [1.54, 1.807) is 0 Å². The lowest BCUT2D eigenvalue weighted by molar-refractivity contribution is 0.211. The first-order chi connectivity index (χ1) is 13.2. The molecule has 0 radical (unpaired) electrons. The molecule has 1 fully saturated rings. The van der Waals surface area contributed by atoms with E-state index in [4.69, 9.17) is 0 Å². The van der Waals surface area contributed by atoms with Gasteiger partial charge in [0.15, 0.2) is 5.82 Å². The zero-order valence-electron chi connectivity index (χ0n) is 15.2.